The largest absolute Gasteiger partial charge is 0.314 e. The Balaban J connectivity index is 2.05. The fourth-order valence-electron chi connectivity index (χ4n) is 2.44. The van der Waals surface area contributed by atoms with Gasteiger partial charge in [-0.1, -0.05) is 11.6 Å². The SMILES string of the molecule is F[C@@H]1CNCC[C@H]1c1cc2[nH]ncc2cc1Cl. The molecule has 0 bridgehead atoms. The van der Waals surface area contributed by atoms with Gasteiger partial charge in [-0.05, 0) is 30.7 Å². The molecule has 1 saturated heterocycles. The first-order valence-electron chi connectivity index (χ1n) is 5.73. The number of nitrogens with one attached hydrogen (secondary N) is 2. The molecule has 2 N–H and O–H groups in total. The van der Waals surface area contributed by atoms with Crippen LogP contribution in [0.3, 0.4) is 0 Å². The predicted molar refractivity (Wildman–Crippen MR) is 66.2 cm³/mol. The molecular formula is C12H13ClFN3. The zero-order valence-corrected chi connectivity index (χ0v) is 9.97. The number of piperidine rings is 1. The van der Waals surface area contributed by atoms with E-state index in [1.54, 1.807) is 6.20 Å². The van der Waals surface area contributed by atoms with Gasteiger partial charge in [0.25, 0.3) is 0 Å². The molecule has 1 fully saturated rings. The Bertz CT molecular complexity index is 540. The van der Waals surface area contributed by atoms with Crippen LogP contribution in [-0.4, -0.2) is 29.5 Å². The van der Waals surface area contributed by atoms with E-state index >= 15 is 0 Å². The van der Waals surface area contributed by atoms with Gasteiger partial charge in [0.1, 0.15) is 6.17 Å². The van der Waals surface area contributed by atoms with E-state index < -0.39 is 6.17 Å². The minimum absolute atomic E-state index is 0.114. The molecule has 1 aliphatic rings. The van der Waals surface area contributed by atoms with E-state index in [4.69, 9.17) is 11.6 Å². The molecule has 17 heavy (non-hydrogen) atoms. The van der Waals surface area contributed by atoms with Crippen LogP contribution in [0.5, 0.6) is 0 Å². The molecule has 3 nitrogen and oxygen atoms in total. The second-order valence-electron chi connectivity index (χ2n) is 4.45. The van der Waals surface area contributed by atoms with Crippen LogP contribution in [0, 0.1) is 0 Å². The van der Waals surface area contributed by atoms with Crippen molar-refractivity contribution in [1.29, 1.82) is 0 Å². The average molecular weight is 254 g/mol. The smallest absolute Gasteiger partial charge is 0.119 e. The van der Waals surface area contributed by atoms with Gasteiger partial charge in [-0.25, -0.2) is 4.39 Å². The van der Waals surface area contributed by atoms with Crippen LogP contribution in [-0.2, 0) is 0 Å². The van der Waals surface area contributed by atoms with Crippen molar-refractivity contribution in [2.24, 2.45) is 0 Å². The summed E-state index contributed by atoms with van der Waals surface area (Å²) in [6.45, 7) is 1.24. The van der Waals surface area contributed by atoms with E-state index in [0.717, 1.165) is 29.4 Å². The number of aromatic amines is 1. The Labute approximate surface area is 103 Å². The topological polar surface area (TPSA) is 40.7 Å². The van der Waals surface area contributed by atoms with Crippen LogP contribution in [0.2, 0.25) is 5.02 Å². The standard InChI is InChI=1S/C12H13ClFN3/c13-10-3-7-5-16-17-12(7)4-9(10)8-1-2-15-6-11(8)14/h3-5,8,11,15H,1-2,6H2,(H,16,17)/t8-,11+/m0/s1. The van der Waals surface area contributed by atoms with E-state index in [2.05, 4.69) is 15.5 Å². The number of aromatic nitrogens is 2. The Morgan fingerprint density at radius 1 is 1.41 bits per heavy atom. The summed E-state index contributed by atoms with van der Waals surface area (Å²) < 4.78 is 13.9. The summed E-state index contributed by atoms with van der Waals surface area (Å²) in [5.74, 6) is -0.114. The number of benzene rings is 1. The first-order chi connectivity index (χ1) is 8.25. The zero-order valence-electron chi connectivity index (χ0n) is 9.21. The summed E-state index contributed by atoms with van der Waals surface area (Å²) in [6.07, 6.45) is 1.63. The third kappa shape index (κ3) is 1.91. The Morgan fingerprint density at radius 2 is 2.29 bits per heavy atom. The molecule has 2 atom stereocenters. The van der Waals surface area contributed by atoms with Crippen molar-refractivity contribution in [3.63, 3.8) is 0 Å². The first kappa shape index (κ1) is 11.0. The molecule has 2 aromatic rings. The molecule has 0 radical (unpaired) electrons. The lowest BCUT2D eigenvalue weighted by Crippen LogP contribution is -2.36. The van der Waals surface area contributed by atoms with Crippen LogP contribution in [0.4, 0.5) is 4.39 Å². The maximum absolute atomic E-state index is 13.9. The molecule has 1 aromatic heterocycles. The van der Waals surface area contributed by atoms with Gasteiger partial charge in [0.15, 0.2) is 0 Å². The van der Waals surface area contributed by atoms with Gasteiger partial charge in [0, 0.05) is 22.9 Å². The van der Waals surface area contributed by atoms with Crippen LogP contribution < -0.4 is 5.32 Å². The number of hydrogen-bond donors (Lipinski definition) is 2. The predicted octanol–water partition coefficient (Wildman–Crippen LogP) is 2.63. The molecular weight excluding hydrogens is 241 g/mol. The van der Waals surface area contributed by atoms with E-state index in [0.29, 0.717) is 11.6 Å². The van der Waals surface area contributed by atoms with Crippen molar-refractivity contribution < 1.29 is 4.39 Å². The molecule has 0 spiro atoms. The number of halogens is 2. The summed E-state index contributed by atoms with van der Waals surface area (Å²) in [5, 5.41) is 11.5. The van der Waals surface area contributed by atoms with Gasteiger partial charge >= 0.3 is 0 Å². The summed E-state index contributed by atoms with van der Waals surface area (Å²) in [6, 6.07) is 3.78. The summed E-state index contributed by atoms with van der Waals surface area (Å²) in [4.78, 5) is 0. The van der Waals surface area contributed by atoms with Gasteiger partial charge in [-0.2, -0.15) is 5.10 Å². The number of hydrogen-bond acceptors (Lipinski definition) is 2. The first-order valence-corrected chi connectivity index (χ1v) is 6.11. The lowest BCUT2D eigenvalue weighted by atomic mass is 9.88. The Kier molecular flexibility index (Phi) is 2.76. The minimum atomic E-state index is -0.873. The van der Waals surface area contributed by atoms with Crippen LogP contribution in [0.1, 0.15) is 17.9 Å². The Morgan fingerprint density at radius 3 is 3.12 bits per heavy atom. The fourth-order valence-corrected chi connectivity index (χ4v) is 2.75. The highest BCUT2D eigenvalue weighted by Crippen LogP contribution is 2.34. The van der Waals surface area contributed by atoms with Crippen molar-refractivity contribution in [2.45, 2.75) is 18.5 Å². The lowest BCUT2D eigenvalue weighted by Gasteiger charge is -2.27. The highest BCUT2D eigenvalue weighted by Gasteiger charge is 2.28. The monoisotopic (exact) mass is 253 g/mol. The maximum Gasteiger partial charge on any atom is 0.119 e. The molecule has 3 rings (SSSR count). The number of fused-ring (bicyclic) bond motifs is 1. The highest BCUT2D eigenvalue weighted by atomic mass is 35.5. The van der Waals surface area contributed by atoms with E-state index in [9.17, 15) is 4.39 Å². The van der Waals surface area contributed by atoms with Crippen molar-refractivity contribution in [3.8, 4) is 0 Å². The number of alkyl halides is 1. The molecule has 2 heterocycles. The molecule has 5 heteroatoms. The van der Waals surface area contributed by atoms with Gasteiger partial charge in [-0.15, -0.1) is 0 Å². The fraction of sp³-hybridized carbons (Fsp3) is 0.417. The van der Waals surface area contributed by atoms with Crippen molar-refractivity contribution in [3.05, 3.63) is 28.9 Å². The quantitative estimate of drug-likeness (QED) is 0.820. The van der Waals surface area contributed by atoms with Crippen LogP contribution >= 0.6 is 11.6 Å². The number of rotatable bonds is 1. The molecule has 0 aliphatic carbocycles. The van der Waals surface area contributed by atoms with E-state index in [-0.39, 0.29) is 5.92 Å². The summed E-state index contributed by atoms with van der Waals surface area (Å²) in [5.41, 5.74) is 1.80. The molecule has 1 aromatic carbocycles. The molecule has 1 aliphatic heterocycles. The minimum Gasteiger partial charge on any atom is -0.314 e. The van der Waals surface area contributed by atoms with Crippen molar-refractivity contribution in [2.75, 3.05) is 13.1 Å². The second kappa shape index (κ2) is 4.27. The normalized spacial score (nSPS) is 25.3. The molecule has 0 amide bonds. The highest BCUT2D eigenvalue weighted by molar-refractivity contribution is 6.32. The zero-order chi connectivity index (χ0) is 11.8. The molecule has 90 valence electrons. The molecule has 0 saturated carbocycles. The van der Waals surface area contributed by atoms with Gasteiger partial charge in [0.05, 0.1) is 11.7 Å². The lowest BCUT2D eigenvalue weighted by molar-refractivity contribution is 0.231. The van der Waals surface area contributed by atoms with Crippen molar-refractivity contribution >= 4 is 22.5 Å². The Hall–Kier alpha value is -1.13. The van der Waals surface area contributed by atoms with Crippen LogP contribution in [0.25, 0.3) is 10.9 Å². The van der Waals surface area contributed by atoms with Crippen LogP contribution in [0.15, 0.2) is 18.3 Å². The van der Waals surface area contributed by atoms with E-state index in [1.165, 1.54) is 0 Å². The van der Waals surface area contributed by atoms with Gasteiger partial charge in [0.2, 0.25) is 0 Å². The third-order valence-electron chi connectivity index (χ3n) is 3.37. The third-order valence-corrected chi connectivity index (χ3v) is 3.69. The molecule has 0 unspecified atom stereocenters. The van der Waals surface area contributed by atoms with Crippen molar-refractivity contribution in [1.82, 2.24) is 15.5 Å². The second-order valence-corrected chi connectivity index (χ2v) is 4.85. The van der Waals surface area contributed by atoms with E-state index in [1.807, 2.05) is 12.1 Å². The van der Waals surface area contributed by atoms with Gasteiger partial charge in [-0.3, -0.25) is 5.10 Å². The number of H-pyrrole nitrogens is 1. The van der Waals surface area contributed by atoms with Gasteiger partial charge < -0.3 is 5.32 Å². The summed E-state index contributed by atoms with van der Waals surface area (Å²) in [7, 11) is 0. The summed E-state index contributed by atoms with van der Waals surface area (Å²) >= 11 is 6.23. The number of nitrogens with zero attached hydrogens (tertiary/aromatic N) is 1. The average Bonchev–Trinajstić information content (AvgIpc) is 2.76. The maximum atomic E-state index is 13.9.